The summed E-state index contributed by atoms with van der Waals surface area (Å²) in [7, 11) is 0. The maximum absolute atomic E-state index is 12.7. The van der Waals surface area contributed by atoms with Crippen LogP contribution in [0, 0.1) is 5.95 Å². The molecular formula is C10H12FN. The van der Waals surface area contributed by atoms with Gasteiger partial charge in [-0.15, -0.1) is 6.58 Å². The minimum Gasteiger partial charge on any atom is -0.228 e. The SMILES string of the molecule is C=CC(C)(C)c1ccnc(F)c1. The standard InChI is InChI=1S/C10H12FN/c1-4-10(2,3)8-5-6-12-9(11)7-8/h4-7H,1H2,2-3H3. The molecule has 1 nitrogen and oxygen atoms in total. The maximum Gasteiger partial charge on any atom is 0.213 e. The van der Waals surface area contributed by atoms with E-state index in [1.807, 2.05) is 13.8 Å². The van der Waals surface area contributed by atoms with Crippen LogP contribution in [0.25, 0.3) is 0 Å². The summed E-state index contributed by atoms with van der Waals surface area (Å²) in [6.45, 7) is 7.66. The summed E-state index contributed by atoms with van der Waals surface area (Å²) in [6.07, 6.45) is 3.26. The number of pyridine rings is 1. The molecular weight excluding hydrogens is 153 g/mol. The van der Waals surface area contributed by atoms with Gasteiger partial charge in [0.25, 0.3) is 0 Å². The molecule has 64 valence electrons. The van der Waals surface area contributed by atoms with E-state index in [4.69, 9.17) is 0 Å². The van der Waals surface area contributed by atoms with Crippen molar-refractivity contribution in [2.45, 2.75) is 19.3 Å². The Kier molecular flexibility index (Phi) is 2.27. The number of hydrogen-bond acceptors (Lipinski definition) is 1. The third-order valence-electron chi connectivity index (χ3n) is 1.98. The van der Waals surface area contributed by atoms with Gasteiger partial charge in [-0.2, -0.15) is 4.39 Å². The normalized spacial score (nSPS) is 11.2. The first kappa shape index (κ1) is 8.91. The molecule has 12 heavy (non-hydrogen) atoms. The quantitative estimate of drug-likeness (QED) is 0.485. The molecule has 0 N–H and O–H groups in total. The second-order valence-corrected chi connectivity index (χ2v) is 3.29. The Morgan fingerprint density at radius 2 is 2.25 bits per heavy atom. The second-order valence-electron chi connectivity index (χ2n) is 3.29. The number of allylic oxidation sites excluding steroid dienone is 1. The van der Waals surface area contributed by atoms with Crippen molar-refractivity contribution < 1.29 is 4.39 Å². The van der Waals surface area contributed by atoms with E-state index in [0.717, 1.165) is 5.56 Å². The van der Waals surface area contributed by atoms with Crippen LogP contribution in [-0.2, 0) is 5.41 Å². The van der Waals surface area contributed by atoms with Crippen LogP contribution in [-0.4, -0.2) is 4.98 Å². The Morgan fingerprint density at radius 3 is 2.75 bits per heavy atom. The molecule has 0 amide bonds. The molecule has 2 heteroatoms. The first-order chi connectivity index (χ1) is 5.56. The van der Waals surface area contributed by atoms with E-state index in [9.17, 15) is 4.39 Å². The molecule has 0 aliphatic rings. The predicted octanol–water partition coefficient (Wildman–Crippen LogP) is 2.68. The van der Waals surface area contributed by atoms with Crippen LogP contribution in [0.2, 0.25) is 0 Å². The van der Waals surface area contributed by atoms with Gasteiger partial charge in [-0.25, -0.2) is 4.98 Å². The van der Waals surface area contributed by atoms with Gasteiger partial charge in [-0.05, 0) is 17.7 Å². The number of halogens is 1. The number of aromatic nitrogens is 1. The minimum absolute atomic E-state index is 0.191. The van der Waals surface area contributed by atoms with E-state index in [1.165, 1.54) is 12.3 Å². The Morgan fingerprint density at radius 1 is 1.58 bits per heavy atom. The maximum atomic E-state index is 12.7. The molecule has 0 saturated heterocycles. The zero-order valence-electron chi connectivity index (χ0n) is 7.34. The van der Waals surface area contributed by atoms with Crippen molar-refractivity contribution in [1.29, 1.82) is 0 Å². The lowest BCUT2D eigenvalue weighted by Gasteiger charge is -2.19. The van der Waals surface area contributed by atoms with Crippen LogP contribution in [0.3, 0.4) is 0 Å². The molecule has 0 radical (unpaired) electrons. The monoisotopic (exact) mass is 165 g/mol. The van der Waals surface area contributed by atoms with E-state index in [1.54, 1.807) is 12.1 Å². The van der Waals surface area contributed by atoms with E-state index >= 15 is 0 Å². The second kappa shape index (κ2) is 3.05. The van der Waals surface area contributed by atoms with Crippen LogP contribution < -0.4 is 0 Å². The van der Waals surface area contributed by atoms with E-state index < -0.39 is 5.95 Å². The van der Waals surface area contributed by atoms with Crippen LogP contribution in [0.4, 0.5) is 4.39 Å². The van der Waals surface area contributed by atoms with Crippen molar-refractivity contribution in [2.24, 2.45) is 0 Å². The predicted molar refractivity (Wildman–Crippen MR) is 47.4 cm³/mol. The lowest BCUT2D eigenvalue weighted by Crippen LogP contribution is -2.13. The van der Waals surface area contributed by atoms with Gasteiger partial charge >= 0.3 is 0 Å². The van der Waals surface area contributed by atoms with E-state index in [-0.39, 0.29) is 5.41 Å². The first-order valence-electron chi connectivity index (χ1n) is 3.82. The highest BCUT2D eigenvalue weighted by Crippen LogP contribution is 2.23. The summed E-state index contributed by atoms with van der Waals surface area (Å²) in [5.41, 5.74) is 0.703. The van der Waals surface area contributed by atoms with Crippen molar-refractivity contribution in [2.75, 3.05) is 0 Å². The average Bonchev–Trinajstić information content (AvgIpc) is 2.05. The van der Waals surface area contributed by atoms with Gasteiger partial charge in [-0.1, -0.05) is 19.9 Å². The summed E-state index contributed by atoms with van der Waals surface area (Å²) in [4.78, 5) is 3.49. The van der Waals surface area contributed by atoms with Crippen LogP contribution in [0.5, 0.6) is 0 Å². The van der Waals surface area contributed by atoms with Crippen molar-refractivity contribution in [3.63, 3.8) is 0 Å². The van der Waals surface area contributed by atoms with Crippen LogP contribution in [0.15, 0.2) is 31.0 Å². The third kappa shape index (κ3) is 1.70. The number of nitrogens with zero attached hydrogens (tertiary/aromatic N) is 1. The third-order valence-corrected chi connectivity index (χ3v) is 1.98. The highest BCUT2D eigenvalue weighted by atomic mass is 19.1. The van der Waals surface area contributed by atoms with Crippen molar-refractivity contribution in [3.8, 4) is 0 Å². The molecule has 0 unspecified atom stereocenters. The highest BCUT2D eigenvalue weighted by Gasteiger charge is 2.16. The summed E-state index contributed by atoms with van der Waals surface area (Å²) >= 11 is 0. The van der Waals surface area contributed by atoms with E-state index in [0.29, 0.717) is 0 Å². The molecule has 1 rings (SSSR count). The Hall–Kier alpha value is -1.18. The molecule has 0 aliphatic carbocycles. The highest BCUT2D eigenvalue weighted by molar-refractivity contribution is 5.25. The van der Waals surface area contributed by atoms with Gasteiger partial charge in [0.05, 0.1) is 0 Å². The Bertz CT molecular complexity index is 292. The fraction of sp³-hybridized carbons (Fsp3) is 0.300. The fourth-order valence-corrected chi connectivity index (χ4v) is 0.921. The molecule has 0 atom stereocenters. The molecule has 1 heterocycles. The molecule has 0 bridgehead atoms. The zero-order valence-corrected chi connectivity index (χ0v) is 7.34. The van der Waals surface area contributed by atoms with Gasteiger partial charge in [0, 0.05) is 11.6 Å². The van der Waals surface area contributed by atoms with Crippen molar-refractivity contribution in [1.82, 2.24) is 4.98 Å². The van der Waals surface area contributed by atoms with Gasteiger partial charge < -0.3 is 0 Å². The summed E-state index contributed by atoms with van der Waals surface area (Å²) in [5.74, 6) is -0.442. The van der Waals surface area contributed by atoms with Gasteiger partial charge in [0.1, 0.15) is 0 Å². The number of rotatable bonds is 2. The first-order valence-corrected chi connectivity index (χ1v) is 3.82. The average molecular weight is 165 g/mol. The minimum atomic E-state index is -0.442. The molecule has 0 fully saturated rings. The van der Waals surface area contributed by atoms with E-state index in [2.05, 4.69) is 11.6 Å². The topological polar surface area (TPSA) is 12.9 Å². The Balaban J connectivity index is 3.11. The fourth-order valence-electron chi connectivity index (χ4n) is 0.921. The molecule has 0 aromatic carbocycles. The largest absolute Gasteiger partial charge is 0.228 e. The smallest absolute Gasteiger partial charge is 0.213 e. The molecule has 1 aromatic rings. The molecule has 0 saturated carbocycles. The summed E-state index contributed by atoms with van der Waals surface area (Å²) in [6, 6.07) is 3.23. The van der Waals surface area contributed by atoms with Gasteiger partial charge in [-0.3, -0.25) is 0 Å². The lowest BCUT2D eigenvalue weighted by molar-refractivity contribution is 0.570. The van der Waals surface area contributed by atoms with Crippen LogP contribution in [0.1, 0.15) is 19.4 Å². The lowest BCUT2D eigenvalue weighted by atomic mass is 9.86. The number of hydrogen-bond donors (Lipinski definition) is 0. The summed E-state index contributed by atoms with van der Waals surface area (Å²) < 4.78 is 12.7. The molecule has 1 aromatic heterocycles. The van der Waals surface area contributed by atoms with Gasteiger partial charge in [0.2, 0.25) is 5.95 Å². The van der Waals surface area contributed by atoms with Crippen LogP contribution >= 0.6 is 0 Å². The molecule has 0 spiro atoms. The van der Waals surface area contributed by atoms with Crippen molar-refractivity contribution in [3.05, 3.63) is 42.5 Å². The zero-order chi connectivity index (χ0) is 9.19. The molecule has 0 aliphatic heterocycles. The summed E-state index contributed by atoms with van der Waals surface area (Å²) in [5, 5.41) is 0. The van der Waals surface area contributed by atoms with Crippen molar-refractivity contribution >= 4 is 0 Å². The Labute approximate surface area is 72.0 Å². The van der Waals surface area contributed by atoms with Gasteiger partial charge in [0.15, 0.2) is 0 Å².